The first-order chi connectivity index (χ1) is 8.51. The largest absolute Gasteiger partial charge is 0.479 e. The minimum absolute atomic E-state index is 0.0894. The van der Waals surface area contributed by atoms with Gasteiger partial charge in [0.15, 0.2) is 11.9 Å². The Hall–Kier alpha value is -0.910. The van der Waals surface area contributed by atoms with Gasteiger partial charge < -0.3 is 10.2 Å². The van der Waals surface area contributed by atoms with Gasteiger partial charge in [-0.25, -0.2) is 4.79 Å². The van der Waals surface area contributed by atoms with E-state index in [0.717, 1.165) is 0 Å². The van der Waals surface area contributed by atoms with Gasteiger partial charge in [-0.05, 0) is 5.56 Å². The van der Waals surface area contributed by atoms with Crippen LogP contribution in [-0.2, 0) is 10.7 Å². The van der Waals surface area contributed by atoms with Gasteiger partial charge in [-0.2, -0.15) is 0 Å². The molecule has 1 unspecified atom stereocenters. The number of carbonyl (C=O) groups is 2. The zero-order valence-electron chi connectivity index (χ0n) is 9.40. The van der Waals surface area contributed by atoms with Crippen LogP contribution in [0.5, 0.6) is 0 Å². The zero-order valence-corrected chi connectivity index (χ0v) is 11.7. The van der Waals surface area contributed by atoms with Crippen molar-refractivity contribution in [3.8, 4) is 0 Å². The van der Waals surface area contributed by atoms with Crippen LogP contribution in [0.1, 0.15) is 34.0 Å². The van der Waals surface area contributed by atoms with Crippen molar-refractivity contribution in [2.75, 3.05) is 5.33 Å². The van der Waals surface area contributed by atoms with Gasteiger partial charge in [0.2, 0.25) is 0 Å². The second-order valence-corrected chi connectivity index (χ2v) is 4.72. The molecule has 1 rings (SSSR count). The van der Waals surface area contributed by atoms with E-state index in [-0.39, 0.29) is 29.2 Å². The standard InChI is InChI=1S/C12H12BrClO4/c13-4-3-10(15)8-2-1-7(6-14)5-9(8)11(16)12(17)18/h1-2,5,11,16H,3-4,6H2,(H,17,18). The van der Waals surface area contributed by atoms with Crippen molar-refractivity contribution in [1.29, 1.82) is 0 Å². The second-order valence-electron chi connectivity index (χ2n) is 3.66. The molecular weight excluding hydrogens is 323 g/mol. The highest BCUT2D eigenvalue weighted by Crippen LogP contribution is 2.23. The van der Waals surface area contributed by atoms with Crippen molar-refractivity contribution in [3.63, 3.8) is 0 Å². The number of hydrogen-bond donors (Lipinski definition) is 2. The molecule has 0 bridgehead atoms. The average molecular weight is 336 g/mol. The lowest BCUT2D eigenvalue weighted by Gasteiger charge is -2.12. The molecule has 98 valence electrons. The van der Waals surface area contributed by atoms with Gasteiger partial charge in [-0.1, -0.05) is 34.1 Å². The van der Waals surface area contributed by atoms with Crippen LogP contribution in [0.15, 0.2) is 18.2 Å². The maximum absolute atomic E-state index is 11.8. The van der Waals surface area contributed by atoms with Gasteiger partial charge in [0.25, 0.3) is 0 Å². The van der Waals surface area contributed by atoms with E-state index in [1.165, 1.54) is 12.1 Å². The number of rotatable bonds is 6. The first kappa shape index (κ1) is 15.1. The summed E-state index contributed by atoms with van der Waals surface area (Å²) in [6, 6.07) is 4.60. The molecule has 0 aliphatic heterocycles. The molecule has 0 radical (unpaired) electrons. The molecule has 1 atom stereocenters. The van der Waals surface area contributed by atoms with Crippen LogP contribution in [0.4, 0.5) is 0 Å². The van der Waals surface area contributed by atoms with E-state index in [4.69, 9.17) is 16.7 Å². The summed E-state index contributed by atoms with van der Waals surface area (Å²) < 4.78 is 0. The number of alkyl halides is 2. The summed E-state index contributed by atoms with van der Waals surface area (Å²) in [6.07, 6.45) is -1.48. The molecule has 4 nitrogen and oxygen atoms in total. The summed E-state index contributed by atoms with van der Waals surface area (Å²) in [5, 5.41) is 18.9. The number of benzene rings is 1. The SMILES string of the molecule is O=C(CCBr)c1ccc(CCl)cc1C(O)C(=O)O. The van der Waals surface area contributed by atoms with Gasteiger partial charge in [0.1, 0.15) is 0 Å². The zero-order chi connectivity index (χ0) is 13.7. The van der Waals surface area contributed by atoms with Gasteiger partial charge >= 0.3 is 5.97 Å². The van der Waals surface area contributed by atoms with Crippen LogP contribution >= 0.6 is 27.5 Å². The lowest BCUT2D eigenvalue weighted by Crippen LogP contribution is -2.15. The molecule has 0 aliphatic rings. The van der Waals surface area contributed by atoms with Gasteiger partial charge in [-0.15, -0.1) is 11.6 Å². The number of Topliss-reactive ketones (excluding diaryl/α,β-unsaturated/α-hetero) is 1. The highest BCUT2D eigenvalue weighted by atomic mass is 79.9. The van der Waals surface area contributed by atoms with Crippen LogP contribution in [-0.4, -0.2) is 27.3 Å². The van der Waals surface area contributed by atoms with Gasteiger partial charge in [0.05, 0.1) is 0 Å². The third kappa shape index (κ3) is 3.54. The molecule has 0 saturated carbocycles. The van der Waals surface area contributed by atoms with E-state index in [1.807, 2.05) is 0 Å². The first-order valence-electron chi connectivity index (χ1n) is 5.20. The highest BCUT2D eigenvalue weighted by molar-refractivity contribution is 9.09. The van der Waals surface area contributed by atoms with Crippen LogP contribution in [0.25, 0.3) is 0 Å². The van der Waals surface area contributed by atoms with Crippen LogP contribution < -0.4 is 0 Å². The third-order valence-electron chi connectivity index (χ3n) is 2.42. The van der Waals surface area contributed by atoms with Crippen molar-refractivity contribution < 1.29 is 19.8 Å². The minimum atomic E-state index is -1.72. The fourth-order valence-corrected chi connectivity index (χ4v) is 2.06. The van der Waals surface area contributed by atoms with Crippen LogP contribution in [0.3, 0.4) is 0 Å². The molecule has 6 heteroatoms. The Morgan fingerprint density at radius 3 is 2.56 bits per heavy atom. The lowest BCUT2D eigenvalue weighted by atomic mass is 9.96. The van der Waals surface area contributed by atoms with Crippen molar-refractivity contribution in [2.45, 2.75) is 18.4 Å². The molecule has 0 spiro atoms. The predicted octanol–water partition coefficient (Wildman–Crippen LogP) is 2.51. The Bertz CT molecular complexity index is 461. The number of aliphatic hydroxyl groups excluding tert-OH is 1. The van der Waals surface area contributed by atoms with Crippen molar-refractivity contribution in [1.82, 2.24) is 0 Å². The van der Waals surface area contributed by atoms with E-state index in [9.17, 15) is 14.7 Å². The minimum Gasteiger partial charge on any atom is -0.479 e. The summed E-state index contributed by atoms with van der Waals surface area (Å²) in [6.45, 7) is 0. The number of carbonyl (C=O) groups excluding carboxylic acids is 1. The molecule has 0 fully saturated rings. The second kappa shape index (κ2) is 6.87. The Kier molecular flexibility index (Phi) is 5.78. The normalized spacial score (nSPS) is 12.2. The summed E-state index contributed by atoms with van der Waals surface area (Å²) in [4.78, 5) is 22.7. The number of halogens is 2. The summed E-state index contributed by atoms with van der Waals surface area (Å²) in [5.41, 5.74) is 0.965. The molecule has 2 N–H and O–H groups in total. The Balaban J connectivity index is 3.24. The van der Waals surface area contributed by atoms with Crippen molar-refractivity contribution >= 4 is 39.3 Å². The van der Waals surface area contributed by atoms with E-state index < -0.39 is 12.1 Å². The highest BCUT2D eigenvalue weighted by Gasteiger charge is 2.22. The maximum Gasteiger partial charge on any atom is 0.337 e. The van der Waals surface area contributed by atoms with E-state index in [1.54, 1.807) is 6.07 Å². The quantitative estimate of drug-likeness (QED) is 0.619. The molecule has 1 aromatic rings. The summed E-state index contributed by atoms with van der Waals surface area (Å²) >= 11 is 8.80. The lowest BCUT2D eigenvalue weighted by molar-refractivity contribution is -0.146. The molecule has 1 aromatic carbocycles. The number of aliphatic carboxylic acids is 1. The molecule has 0 saturated heterocycles. The van der Waals surface area contributed by atoms with Crippen molar-refractivity contribution in [3.05, 3.63) is 34.9 Å². The molecule has 0 amide bonds. The third-order valence-corrected chi connectivity index (χ3v) is 3.13. The topological polar surface area (TPSA) is 74.6 Å². The predicted molar refractivity (Wildman–Crippen MR) is 71.3 cm³/mol. The van der Waals surface area contributed by atoms with Crippen molar-refractivity contribution in [2.24, 2.45) is 0 Å². The number of aliphatic hydroxyl groups is 1. The smallest absolute Gasteiger partial charge is 0.337 e. The summed E-state index contributed by atoms with van der Waals surface area (Å²) in [7, 11) is 0. The summed E-state index contributed by atoms with van der Waals surface area (Å²) in [5.74, 6) is -1.43. The molecular formula is C12H12BrClO4. The fourth-order valence-electron chi connectivity index (χ4n) is 1.53. The van der Waals surface area contributed by atoms with E-state index >= 15 is 0 Å². The number of carboxylic acids is 1. The van der Waals surface area contributed by atoms with Gasteiger partial charge in [0, 0.05) is 28.8 Å². The monoisotopic (exact) mass is 334 g/mol. The Labute approximate surface area is 118 Å². The van der Waals surface area contributed by atoms with E-state index in [2.05, 4.69) is 15.9 Å². The average Bonchev–Trinajstić information content (AvgIpc) is 2.37. The van der Waals surface area contributed by atoms with Crippen LogP contribution in [0, 0.1) is 0 Å². The first-order valence-corrected chi connectivity index (χ1v) is 6.85. The maximum atomic E-state index is 11.8. The van der Waals surface area contributed by atoms with Crippen LogP contribution in [0.2, 0.25) is 0 Å². The molecule has 0 aliphatic carbocycles. The Morgan fingerprint density at radius 1 is 1.39 bits per heavy atom. The fraction of sp³-hybridized carbons (Fsp3) is 0.333. The Morgan fingerprint density at radius 2 is 2.06 bits per heavy atom. The van der Waals surface area contributed by atoms with Gasteiger partial charge in [-0.3, -0.25) is 4.79 Å². The molecule has 0 aromatic heterocycles. The number of carboxylic acid groups (broad SMARTS) is 1. The number of ketones is 1. The molecule has 0 heterocycles. The molecule has 18 heavy (non-hydrogen) atoms. The van der Waals surface area contributed by atoms with E-state index in [0.29, 0.717) is 10.9 Å². The number of hydrogen-bond acceptors (Lipinski definition) is 3.